The van der Waals surface area contributed by atoms with Gasteiger partial charge in [-0.25, -0.2) is 0 Å². The van der Waals surface area contributed by atoms with E-state index < -0.39 is 0 Å². The van der Waals surface area contributed by atoms with E-state index >= 15 is 0 Å². The Kier molecular flexibility index (Phi) is 4.38. The maximum absolute atomic E-state index is 9.81. The zero-order valence-corrected chi connectivity index (χ0v) is 14.3. The Morgan fingerprint density at radius 2 is 2.04 bits per heavy atom. The Labute approximate surface area is 147 Å². The normalized spacial score (nSPS) is 21.0. The monoisotopic (exact) mass is 337 g/mol. The molecular formula is C19H23N5O. The van der Waals surface area contributed by atoms with E-state index in [1.807, 2.05) is 42.3 Å². The third-order valence-corrected chi connectivity index (χ3v) is 5.08. The van der Waals surface area contributed by atoms with Crippen LogP contribution in [0.5, 0.6) is 0 Å². The van der Waals surface area contributed by atoms with Gasteiger partial charge in [0, 0.05) is 56.9 Å². The molecule has 6 heteroatoms. The molecule has 3 aromatic rings. The first-order valence-corrected chi connectivity index (χ1v) is 8.64. The van der Waals surface area contributed by atoms with Gasteiger partial charge in [-0.1, -0.05) is 30.3 Å². The zero-order valence-electron chi connectivity index (χ0n) is 14.3. The Hall–Kier alpha value is -2.44. The van der Waals surface area contributed by atoms with Crippen LogP contribution in [-0.4, -0.2) is 49.7 Å². The Morgan fingerprint density at radius 3 is 2.76 bits per heavy atom. The molecule has 2 atom stereocenters. The van der Waals surface area contributed by atoms with Gasteiger partial charge in [0.15, 0.2) is 0 Å². The largest absolute Gasteiger partial charge is 0.396 e. The standard InChI is InChI=1S/C19H23N5O/c1-23-9-15(8-21-23)18-12-24(11-17(18)13-25)10-16-7-20-22-19(16)14-5-3-2-4-6-14/h2-9,17-18,25H,10-13H2,1H3,(H,20,22)/t17-,18-/m0/s1. The second kappa shape index (κ2) is 6.82. The summed E-state index contributed by atoms with van der Waals surface area (Å²) in [5.41, 5.74) is 4.62. The van der Waals surface area contributed by atoms with Gasteiger partial charge < -0.3 is 5.11 Å². The topological polar surface area (TPSA) is 70.0 Å². The lowest BCUT2D eigenvalue weighted by atomic mass is 9.92. The van der Waals surface area contributed by atoms with Gasteiger partial charge in [0.1, 0.15) is 0 Å². The molecule has 1 fully saturated rings. The second-order valence-electron chi connectivity index (χ2n) is 6.83. The zero-order chi connectivity index (χ0) is 17.2. The van der Waals surface area contributed by atoms with Gasteiger partial charge in [-0.3, -0.25) is 14.7 Å². The molecular weight excluding hydrogens is 314 g/mol. The molecule has 3 heterocycles. The molecule has 0 bridgehead atoms. The third-order valence-electron chi connectivity index (χ3n) is 5.08. The van der Waals surface area contributed by atoms with Crippen molar-refractivity contribution in [2.24, 2.45) is 13.0 Å². The van der Waals surface area contributed by atoms with E-state index in [4.69, 9.17) is 0 Å². The first-order valence-electron chi connectivity index (χ1n) is 8.64. The van der Waals surface area contributed by atoms with Gasteiger partial charge in [0.05, 0.1) is 18.1 Å². The molecule has 0 radical (unpaired) electrons. The highest BCUT2D eigenvalue weighted by Crippen LogP contribution is 2.33. The van der Waals surface area contributed by atoms with E-state index in [-0.39, 0.29) is 12.5 Å². The fraction of sp³-hybridized carbons (Fsp3) is 0.368. The number of nitrogens with one attached hydrogen (secondary N) is 1. The quantitative estimate of drug-likeness (QED) is 0.747. The number of benzene rings is 1. The van der Waals surface area contributed by atoms with Crippen molar-refractivity contribution < 1.29 is 5.11 Å². The summed E-state index contributed by atoms with van der Waals surface area (Å²) < 4.78 is 1.83. The van der Waals surface area contributed by atoms with Crippen LogP contribution in [0.4, 0.5) is 0 Å². The summed E-state index contributed by atoms with van der Waals surface area (Å²) in [6.07, 6.45) is 5.89. The number of nitrogens with zero attached hydrogens (tertiary/aromatic N) is 4. The lowest BCUT2D eigenvalue weighted by molar-refractivity contribution is 0.214. The van der Waals surface area contributed by atoms with E-state index in [1.165, 1.54) is 11.1 Å². The summed E-state index contributed by atoms with van der Waals surface area (Å²) in [5.74, 6) is 0.571. The summed E-state index contributed by atoms with van der Waals surface area (Å²) in [5, 5.41) is 21.5. The van der Waals surface area contributed by atoms with Crippen LogP contribution in [0.15, 0.2) is 48.9 Å². The van der Waals surface area contributed by atoms with Crippen molar-refractivity contribution in [2.45, 2.75) is 12.5 Å². The van der Waals surface area contributed by atoms with Crippen LogP contribution in [0.25, 0.3) is 11.3 Å². The van der Waals surface area contributed by atoms with Gasteiger partial charge in [-0.05, 0) is 11.1 Å². The molecule has 1 aliphatic heterocycles. The van der Waals surface area contributed by atoms with Crippen molar-refractivity contribution in [1.29, 1.82) is 0 Å². The maximum atomic E-state index is 9.81. The molecule has 2 aromatic heterocycles. The predicted octanol–water partition coefficient (Wildman–Crippen LogP) is 2.02. The molecule has 0 unspecified atom stereocenters. The summed E-state index contributed by atoms with van der Waals surface area (Å²) in [7, 11) is 1.93. The minimum absolute atomic E-state index is 0.201. The molecule has 1 saturated heterocycles. The van der Waals surface area contributed by atoms with E-state index in [1.54, 1.807) is 0 Å². The highest BCUT2D eigenvalue weighted by atomic mass is 16.3. The van der Waals surface area contributed by atoms with Gasteiger partial charge in [-0.2, -0.15) is 10.2 Å². The van der Waals surface area contributed by atoms with Crippen molar-refractivity contribution in [2.75, 3.05) is 19.7 Å². The first-order chi connectivity index (χ1) is 12.2. The van der Waals surface area contributed by atoms with E-state index in [2.05, 4.69) is 38.5 Å². The minimum atomic E-state index is 0.201. The SMILES string of the molecule is Cn1cc([C@@H]2CN(Cc3cn[nH]c3-c3ccccc3)C[C@H]2CO)cn1. The number of likely N-dealkylation sites (tertiary alicyclic amines) is 1. The van der Waals surface area contributed by atoms with Crippen LogP contribution in [0.3, 0.4) is 0 Å². The van der Waals surface area contributed by atoms with Crippen molar-refractivity contribution in [1.82, 2.24) is 24.9 Å². The molecule has 4 rings (SSSR count). The van der Waals surface area contributed by atoms with Crippen LogP contribution in [0.1, 0.15) is 17.0 Å². The van der Waals surface area contributed by atoms with Gasteiger partial charge in [-0.15, -0.1) is 0 Å². The number of aromatic nitrogens is 4. The number of H-pyrrole nitrogens is 1. The Bertz CT molecular complexity index is 825. The van der Waals surface area contributed by atoms with Gasteiger partial charge in [0.2, 0.25) is 0 Å². The Morgan fingerprint density at radius 1 is 1.20 bits per heavy atom. The highest BCUT2D eigenvalue weighted by Gasteiger charge is 2.34. The number of aliphatic hydroxyl groups is 1. The first kappa shape index (κ1) is 16.1. The lowest BCUT2D eigenvalue weighted by Gasteiger charge is -2.15. The predicted molar refractivity (Wildman–Crippen MR) is 95.8 cm³/mol. The summed E-state index contributed by atoms with van der Waals surface area (Å²) in [4.78, 5) is 2.40. The molecule has 6 nitrogen and oxygen atoms in total. The number of aromatic amines is 1. The third kappa shape index (κ3) is 3.23. The van der Waals surface area contributed by atoms with Crippen LogP contribution in [0, 0.1) is 5.92 Å². The van der Waals surface area contributed by atoms with Crippen LogP contribution in [0.2, 0.25) is 0 Å². The number of hydrogen-bond donors (Lipinski definition) is 2. The second-order valence-corrected chi connectivity index (χ2v) is 6.83. The molecule has 1 aliphatic rings. The number of aryl methyl sites for hydroxylation is 1. The molecule has 25 heavy (non-hydrogen) atoms. The van der Waals surface area contributed by atoms with Crippen molar-refractivity contribution in [3.63, 3.8) is 0 Å². The van der Waals surface area contributed by atoms with E-state index in [0.717, 1.165) is 30.9 Å². The van der Waals surface area contributed by atoms with Crippen molar-refractivity contribution >= 4 is 0 Å². The molecule has 1 aromatic carbocycles. The van der Waals surface area contributed by atoms with Crippen molar-refractivity contribution in [3.8, 4) is 11.3 Å². The number of hydrogen-bond acceptors (Lipinski definition) is 4. The maximum Gasteiger partial charge on any atom is 0.0695 e. The molecule has 0 amide bonds. The van der Waals surface area contributed by atoms with Gasteiger partial charge in [0.25, 0.3) is 0 Å². The molecule has 130 valence electrons. The number of rotatable bonds is 5. The summed E-state index contributed by atoms with van der Waals surface area (Å²) >= 11 is 0. The van der Waals surface area contributed by atoms with Crippen molar-refractivity contribution in [3.05, 3.63) is 60.0 Å². The molecule has 2 N–H and O–H groups in total. The van der Waals surface area contributed by atoms with Gasteiger partial charge >= 0.3 is 0 Å². The average Bonchev–Trinajstić information content (AvgIpc) is 3.35. The van der Waals surface area contributed by atoms with Crippen LogP contribution < -0.4 is 0 Å². The molecule has 0 aliphatic carbocycles. The molecule has 0 spiro atoms. The minimum Gasteiger partial charge on any atom is -0.396 e. The smallest absolute Gasteiger partial charge is 0.0695 e. The number of aliphatic hydroxyl groups excluding tert-OH is 1. The van der Waals surface area contributed by atoms with E-state index in [0.29, 0.717) is 5.92 Å². The summed E-state index contributed by atoms with van der Waals surface area (Å²) in [6, 6.07) is 10.3. The highest BCUT2D eigenvalue weighted by molar-refractivity contribution is 5.62. The lowest BCUT2D eigenvalue weighted by Crippen LogP contribution is -2.21. The Balaban J connectivity index is 1.52. The van der Waals surface area contributed by atoms with E-state index in [9.17, 15) is 5.11 Å². The fourth-order valence-electron chi connectivity index (χ4n) is 3.81. The molecule has 0 saturated carbocycles. The summed E-state index contributed by atoms with van der Waals surface area (Å²) in [6.45, 7) is 2.84. The van der Waals surface area contributed by atoms with Crippen LogP contribution >= 0.6 is 0 Å². The average molecular weight is 337 g/mol. The fourth-order valence-corrected chi connectivity index (χ4v) is 3.81. The van der Waals surface area contributed by atoms with Crippen LogP contribution in [-0.2, 0) is 13.6 Å².